The first-order chi connectivity index (χ1) is 15.2. The number of rotatable bonds is 7. The number of carbonyl (C=O) groups is 2. The molecular formula is C21H22N4O6S. The summed E-state index contributed by atoms with van der Waals surface area (Å²) in [4.78, 5) is 24.5. The average Bonchev–Trinajstić information content (AvgIpc) is 3.11. The monoisotopic (exact) mass is 458 g/mol. The number of sulfonamides is 1. The van der Waals surface area contributed by atoms with Gasteiger partial charge in [0.15, 0.2) is 0 Å². The van der Waals surface area contributed by atoms with E-state index in [2.05, 4.69) is 20.7 Å². The highest BCUT2D eigenvalue weighted by Gasteiger charge is 2.18. The third-order valence-corrected chi connectivity index (χ3v) is 5.79. The standard InChI is InChI=1S/C21H22N4O6S/c1-4-30-17-9-11-18(12-10-17)32(28,29)25-16-7-5-15(6-8-16)20(26)22-23-21(27)19-13(2)24-31-14(19)3/h5-12,25H,4H2,1-3H3,(H,22,26)(H,23,27). The highest BCUT2D eigenvalue weighted by molar-refractivity contribution is 7.92. The van der Waals surface area contributed by atoms with Crippen LogP contribution in [0.15, 0.2) is 57.9 Å². The van der Waals surface area contributed by atoms with Crippen molar-refractivity contribution in [2.75, 3.05) is 11.3 Å². The van der Waals surface area contributed by atoms with Gasteiger partial charge in [-0.15, -0.1) is 0 Å². The smallest absolute Gasteiger partial charge is 0.275 e. The summed E-state index contributed by atoms with van der Waals surface area (Å²) in [6.07, 6.45) is 0. The highest BCUT2D eigenvalue weighted by atomic mass is 32.2. The normalized spacial score (nSPS) is 11.0. The predicted molar refractivity (Wildman–Crippen MR) is 116 cm³/mol. The fraction of sp³-hybridized carbons (Fsp3) is 0.190. The van der Waals surface area contributed by atoms with Gasteiger partial charge in [-0.25, -0.2) is 8.42 Å². The molecule has 3 aromatic rings. The van der Waals surface area contributed by atoms with Crippen LogP contribution in [0.3, 0.4) is 0 Å². The zero-order chi connectivity index (χ0) is 23.3. The van der Waals surface area contributed by atoms with Crippen LogP contribution in [-0.4, -0.2) is 32.0 Å². The van der Waals surface area contributed by atoms with Gasteiger partial charge < -0.3 is 9.26 Å². The van der Waals surface area contributed by atoms with Crippen molar-refractivity contribution in [3.63, 3.8) is 0 Å². The number of amides is 2. The molecule has 0 atom stereocenters. The Kier molecular flexibility index (Phi) is 6.79. The number of hydrazine groups is 1. The average molecular weight is 458 g/mol. The summed E-state index contributed by atoms with van der Waals surface area (Å²) in [5.74, 6) is -0.234. The van der Waals surface area contributed by atoms with Crippen molar-refractivity contribution in [2.45, 2.75) is 25.7 Å². The first-order valence-electron chi connectivity index (χ1n) is 9.60. The van der Waals surface area contributed by atoms with Gasteiger partial charge in [-0.1, -0.05) is 5.16 Å². The van der Waals surface area contributed by atoms with Crippen molar-refractivity contribution in [2.24, 2.45) is 0 Å². The van der Waals surface area contributed by atoms with E-state index in [0.29, 0.717) is 23.8 Å². The van der Waals surface area contributed by atoms with Gasteiger partial charge in [-0.05, 0) is 69.3 Å². The molecule has 3 rings (SSSR count). The zero-order valence-electron chi connectivity index (χ0n) is 17.6. The van der Waals surface area contributed by atoms with Crippen molar-refractivity contribution >= 4 is 27.5 Å². The van der Waals surface area contributed by atoms with Gasteiger partial charge >= 0.3 is 0 Å². The SMILES string of the molecule is CCOc1ccc(S(=O)(=O)Nc2ccc(C(=O)NNC(=O)c3c(C)noc3C)cc2)cc1. The number of aryl methyl sites for hydroxylation is 2. The van der Waals surface area contributed by atoms with Gasteiger partial charge in [0.25, 0.3) is 21.8 Å². The highest BCUT2D eigenvalue weighted by Crippen LogP contribution is 2.20. The summed E-state index contributed by atoms with van der Waals surface area (Å²) in [5, 5.41) is 3.68. The Balaban J connectivity index is 1.61. The molecule has 0 fully saturated rings. The van der Waals surface area contributed by atoms with Gasteiger partial charge in [-0.3, -0.25) is 25.2 Å². The number of ether oxygens (including phenoxy) is 1. The summed E-state index contributed by atoms with van der Waals surface area (Å²) in [5.41, 5.74) is 5.72. The summed E-state index contributed by atoms with van der Waals surface area (Å²) >= 11 is 0. The first kappa shape index (κ1) is 22.8. The number of nitrogens with one attached hydrogen (secondary N) is 3. The van der Waals surface area contributed by atoms with E-state index in [0.717, 1.165) is 0 Å². The van der Waals surface area contributed by atoms with Gasteiger partial charge in [0, 0.05) is 11.3 Å². The van der Waals surface area contributed by atoms with Gasteiger partial charge in [0.05, 0.1) is 17.2 Å². The number of hydrogen-bond donors (Lipinski definition) is 3. The summed E-state index contributed by atoms with van der Waals surface area (Å²) in [7, 11) is -3.81. The predicted octanol–water partition coefficient (Wildman–Crippen LogP) is 2.57. The molecule has 0 aliphatic carbocycles. The summed E-state index contributed by atoms with van der Waals surface area (Å²) in [6, 6.07) is 11.8. The largest absolute Gasteiger partial charge is 0.494 e. The Morgan fingerprint density at radius 2 is 1.59 bits per heavy atom. The maximum atomic E-state index is 12.5. The van der Waals surface area contributed by atoms with Crippen LogP contribution in [0.4, 0.5) is 5.69 Å². The maximum absolute atomic E-state index is 12.5. The minimum absolute atomic E-state index is 0.0739. The molecule has 0 bridgehead atoms. The van der Waals surface area contributed by atoms with Crippen LogP contribution >= 0.6 is 0 Å². The van der Waals surface area contributed by atoms with Crippen LogP contribution in [0.25, 0.3) is 0 Å². The molecule has 2 amide bonds. The van der Waals surface area contributed by atoms with E-state index in [9.17, 15) is 18.0 Å². The number of hydrogen-bond acceptors (Lipinski definition) is 7. The molecule has 1 aromatic heterocycles. The van der Waals surface area contributed by atoms with Crippen molar-refractivity contribution < 1.29 is 27.3 Å². The zero-order valence-corrected chi connectivity index (χ0v) is 18.4. The second kappa shape index (κ2) is 9.52. The lowest BCUT2D eigenvalue weighted by atomic mass is 10.2. The number of benzene rings is 2. The minimum Gasteiger partial charge on any atom is -0.494 e. The summed E-state index contributed by atoms with van der Waals surface area (Å²) in [6.45, 7) is 5.51. The van der Waals surface area contributed by atoms with E-state index < -0.39 is 21.8 Å². The van der Waals surface area contributed by atoms with E-state index in [1.165, 1.54) is 36.4 Å². The topological polar surface area (TPSA) is 140 Å². The molecule has 0 aliphatic heterocycles. The van der Waals surface area contributed by atoms with E-state index in [4.69, 9.17) is 9.26 Å². The van der Waals surface area contributed by atoms with Crippen LogP contribution in [0.1, 0.15) is 39.1 Å². The molecule has 0 saturated heterocycles. The number of nitrogens with zero attached hydrogens (tertiary/aromatic N) is 1. The maximum Gasteiger partial charge on any atom is 0.275 e. The lowest BCUT2D eigenvalue weighted by molar-refractivity contribution is 0.0845. The minimum atomic E-state index is -3.81. The van der Waals surface area contributed by atoms with Crippen molar-refractivity contribution in [3.8, 4) is 5.75 Å². The number of anilines is 1. The van der Waals surface area contributed by atoms with Crippen molar-refractivity contribution in [1.82, 2.24) is 16.0 Å². The van der Waals surface area contributed by atoms with Crippen LogP contribution in [0.2, 0.25) is 0 Å². The molecule has 10 nitrogen and oxygen atoms in total. The molecule has 0 saturated carbocycles. The van der Waals surface area contributed by atoms with Gasteiger partial charge in [0.1, 0.15) is 17.1 Å². The van der Waals surface area contributed by atoms with E-state index in [1.807, 2.05) is 6.92 Å². The Labute approximate surface area is 185 Å². The quantitative estimate of drug-likeness (QED) is 0.462. The second-order valence-corrected chi connectivity index (χ2v) is 8.38. The van der Waals surface area contributed by atoms with Crippen molar-refractivity contribution in [1.29, 1.82) is 0 Å². The lowest BCUT2D eigenvalue weighted by Crippen LogP contribution is -2.41. The molecule has 0 radical (unpaired) electrons. The van der Waals surface area contributed by atoms with Gasteiger partial charge in [-0.2, -0.15) is 0 Å². The number of carbonyl (C=O) groups excluding carboxylic acids is 2. The molecule has 2 aromatic carbocycles. The first-order valence-corrected chi connectivity index (χ1v) is 11.1. The molecule has 0 spiro atoms. The van der Waals surface area contributed by atoms with E-state index in [-0.39, 0.29) is 21.7 Å². The Hall–Kier alpha value is -3.86. The number of aromatic nitrogens is 1. The molecule has 1 heterocycles. The molecule has 0 aliphatic rings. The fourth-order valence-corrected chi connectivity index (χ4v) is 3.90. The van der Waals surface area contributed by atoms with Crippen LogP contribution in [0, 0.1) is 13.8 Å². The third kappa shape index (κ3) is 5.24. The Bertz CT molecular complexity index is 1200. The molecule has 32 heavy (non-hydrogen) atoms. The molecule has 168 valence electrons. The molecule has 11 heteroatoms. The lowest BCUT2D eigenvalue weighted by Gasteiger charge is -2.10. The van der Waals surface area contributed by atoms with E-state index >= 15 is 0 Å². The fourth-order valence-electron chi connectivity index (χ4n) is 2.84. The second-order valence-electron chi connectivity index (χ2n) is 6.69. The van der Waals surface area contributed by atoms with Crippen molar-refractivity contribution in [3.05, 3.63) is 71.1 Å². The van der Waals surface area contributed by atoms with Crippen LogP contribution in [-0.2, 0) is 10.0 Å². The molecular weight excluding hydrogens is 436 g/mol. The molecule has 0 unspecified atom stereocenters. The van der Waals surface area contributed by atoms with Crippen LogP contribution < -0.4 is 20.3 Å². The van der Waals surface area contributed by atoms with E-state index in [1.54, 1.807) is 26.0 Å². The summed E-state index contributed by atoms with van der Waals surface area (Å²) < 4.78 is 37.8. The Morgan fingerprint density at radius 1 is 0.969 bits per heavy atom. The third-order valence-electron chi connectivity index (χ3n) is 4.39. The Morgan fingerprint density at radius 3 is 2.16 bits per heavy atom. The molecule has 3 N–H and O–H groups in total. The van der Waals surface area contributed by atoms with Gasteiger partial charge in [0.2, 0.25) is 0 Å². The van der Waals surface area contributed by atoms with Crippen LogP contribution in [0.5, 0.6) is 5.75 Å².